The van der Waals surface area contributed by atoms with Gasteiger partial charge in [-0.1, -0.05) is 35.9 Å². The summed E-state index contributed by atoms with van der Waals surface area (Å²) in [6.45, 7) is 0.413. The SMILES string of the molecule is COc1cccc2c(C(=O)[O-])cc(-c3ccc(OCc4ccc(Cl)cc4)cc3)nc12. The summed E-state index contributed by atoms with van der Waals surface area (Å²) in [6, 6.07) is 21.4. The zero-order valence-electron chi connectivity index (χ0n) is 16.1. The Labute approximate surface area is 178 Å². The number of methoxy groups -OCH3 is 1. The van der Waals surface area contributed by atoms with Crippen molar-refractivity contribution in [2.45, 2.75) is 6.61 Å². The molecule has 0 aliphatic rings. The van der Waals surface area contributed by atoms with E-state index in [1.165, 1.54) is 13.2 Å². The summed E-state index contributed by atoms with van der Waals surface area (Å²) in [7, 11) is 1.52. The second kappa shape index (κ2) is 8.43. The topological polar surface area (TPSA) is 71.5 Å². The first kappa shape index (κ1) is 19.7. The number of hydrogen-bond acceptors (Lipinski definition) is 5. The van der Waals surface area contributed by atoms with Gasteiger partial charge in [0, 0.05) is 21.5 Å². The van der Waals surface area contributed by atoms with Gasteiger partial charge in [-0.05, 0) is 54.1 Å². The molecule has 0 N–H and O–H groups in total. The fourth-order valence-corrected chi connectivity index (χ4v) is 3.30. The van der Waals surface area contributed by atoms with Crippen LogP contribution in [0.2, 0.25) is 5.02 Å². The number of carbonyl (C=O) groups is 1. The molecule has 0 radical (unpaired) electrons. The number of ether oxygens (including phenoxy) is 2. The van der Waals surface area contributed by atoms with Gasteiger partial charge in [0.2, 0.25) is 0 Å². The average Bonchev–Trinajstić information content (AvgIpc) is 2.77. The third-order valence-corrected chi connectivity index (χ3v) is 4.96. The molecular weight excluding hydrogens is 402 g/mol. The van der Waals surface area contributed by atoms with Crippen molar-refractivity contribution in [3.63, 3.8) is 0 Å². The third-order valence-electron chi connectivity index (χ3n) is 4.71. The molecule has 3 aromatic carbocycles. The van der Waals surface area contributed by atoms with Crippen LogP contribution in [-0.4, -0.2) is 18.1 Å². The lowest BCUT2D eigenvalue weighted by Gasteiger charge is -2.13. The number of carboxylic acid groups (broad SMARTS) is 1. The molecule has 6 heteroatoms. The first-order valence-corrected chi connectivity index (χ1v) is 9.60. The van der Waals surface area contributed by atoms with Crippen LogP contribution in [0.3, 0.4) is 0 Å². The van der Waals surface area contributed by atoms with Crippen molar-refractivity contribution < 1.29 is 19.4 Å². The fourth-order valence-electron chi connectivity index (χ4n) is 3.17. The Bertz CT molecular complexity index is 1200. The number of aromatic nitrogens is 1. The molecule has 0 saturated heterocycles. The maximum Gasteiger partial charge on any atom is 0.145 e. The molecule has 0 saturated carbocycles. The summed E-state index contributed by atoms with van der Waals surface area (Å²) in [6.07, 6.45) is 0. The molecule has 4 rings (SSSR count). The number of fused-ring (bicyclic) bond motifs is 1. The predicted octanol–water partition coefficient (Wildman–Crippen LogP) is 4.51. The minimum absolute atomic E-state index is 0.0666. The number of hydrogen-bond donors (Lipinski definition) is 0. The summed E-state index contributed by atoms with van der Waals surface area (Å²) >= 11 is 5.90. The largest absolute Gasteiger partial charge is 0.545 e. The number of para-hydroxylation sites is 1. The summed E-state index contributed by atoms with van der Waals surface area (Å²) in [5, 5.41) is 12.8. The molecule has 0 amide bonds. The molecule has 0 aliphatic carbocycles. The Kier molecular flexibility index (Phi) is 5.55. The molecule has 0 aliphatic heterocycles. The Balaban J connectivity index is 1.63. The van der Waals surface area contributed by atoms with Gasteiger partial charge in [-0.15, -0.1) is 0 Å². The first-order valence-electron chi connectivity index (χ1n) is 9.22. The van der Waals surface area contributed by atoms with Crippen molar-refractivity contribution in [1.82, 2.24) is 4.98 Å². The lowest BCUT2D eigenvalue weighted by atomic mass is 10.0. The molecule has 4 aromatic rings. The quantitative estimate of drug-likeness (QED) is 0.461. The predicted molar refractivity (Wildman–Crippen MR) is 114 cm³/mol. The van der Waals surface area contributed by atoms with Gasteiger partial charge in [0.1, 0.15) is 23.6 Å². The average molecular weight is 419 g/mol. The first-order chi connectivity index (χ1) is 14.5. The van der Waals surface area contributed by atoms with E-state index in [9.17, 15) is 9.90 Å². The maximum absolute atomic E-state index is 11.7. The van der Waals surface area contributed by atoms with E-state index < -0.39 is 5.97 Å². The van der Waals surface area contributed by atoms with Gasteiger partial charge in [-0.3, -0.25) is 0 Å². The smallest absolute Gasteiger partial charge is 0.145 e. The van der Waals surface area contributed by atoms with Gasteiger partial charge < -0.3 is 19.4 Å². The van der Waals surface area contributed by atoms with Gasteiger partial charge in [-0.2, -0.15) is 0 Å². The van der Waals surface area contributed by atoms with Crippen LogP contribution < -0.4 is 14.6 Å². The van der Waals surface area contributed by atoms with E-state index in [0.29, 0.717) is 39.7 Å². The molecule has 0 atom stereocenters. The Morgan fingerprint density at radius 1 is 1.03 bits per heavy atom. The summed E-state index contributed by atoms with van der Waals surface area (Å²) < 4.78 is 11.2. The molecule has 30 heavy (non-hydrogen) atoms. The Morgan fingerprint density at radius 3 is 2.43 bits per heavy atom. The lowest BCUT2D eigenvalue weighted by Crippen LogP contribution is -2.22. The Hall–Kier alpha value is -3.57. The highest BCUT2D eigenvalue weighted by atomic mass is 35.5. The van der Waals surface area contributed by atoms with Crippen molar-refractivity contribution >= 4 is 28.5 Å². The normalized spacial score (nSPS) is 10.7. The second-order valence-electron chi connectivity index (χ2n) is 6.64. The molecule has 5 nitrogen and oxygen atoms in total. The number of aromatic carboxylic acids is 1. The van der Waals surface area contributed by atoms with E-state index in [2.05, 4.69) is 4.98 Å². The highest BCUT2D eigenvalue weighted by Gasteiger charge is 2.12. The zero-order valence-corrected chi connectivity index (χ0v) is 16.8. The third kappa shape index (κ3) is 4.07. The van der Waals surface area contributed by atoms with Gasteiger partial charge in [0.15, 0.2) is 0 Å². The number of benzene rings is 3. The van der Waals surface area contributed by atoms with Crippen molar-refractivity contribution in [2.75, 3.05) is 7.11 Å². The minimum Gasteiger partial charge on any atom is -0.545 e. The highest BCUT2D eigenvalue weighted by Crippen LogP contribution is 2.31. The van der Waals surface area contributed by atoms with Crippen molar-refractivity contribution in [3.05, 3.63) is 88.9 Å². The number of pyridine rings is 1. The molecule has 1 aromatic heterocycles. The van der Waals surface area contributed by atoms with Crippen LogP contribution in [0.4, 0.5) is 0 Å². The molecule has 150 valence electrons. The highest BCUT2D eigenvalue weighted by molar-refractivity contribution is 6.30. The number of nitrogens with zero attached hydrogens (tertiary/aromatic N) is 1. The van der Waals surface area contributed by atoms with E-state index in [4.69, 9.17) is 21.1 Å². The van der Waals surface area contributed by atoms with Crippen LogP contribution in [0, 0.1) is 0 Å². The van der Waals surface area contributed by atoms with E-state index in [1.807, 2.05) is 48.5 Å². The van der Waals surface area contributed by atoms with Crippen molar-refractivity contribution in [1.29, 1.82) is 0 Å². The van der Waals surface area contributed by atoms with Crippen LogP contribution in [0.25, 0.3) is 22.2 Å². The number of rotatable bonds is 6. The summed E-state index contributed by atoms with van der Waals surface area (Å²) in [5.41, 5.74) is 2.81. The molecule has 0 unspecified atom stereocenters. The van der Waals surface area contributed by atoms with Crippen LogP contribution in [0.5, 0.6) is 11.5 Å². The molecular formula is C24H17ClNO4-. The zero-order chi connectivity index (χ0) is 21.1. The van der Waals surface area contributed by atoms with Gasteiger partial charge in [0.25, 0.3) is 0 Å². The molecule has 1 heterocycles. The van der Waals surface area contributed by atoms with E-state index >= 15 is 0 Å². The van der Waals surface area contributed by atoms with Crippen LogP contribution in [-0.2, 0) is 6.61 Å². The summed E-state index contributed by atoms with van der Waals surface area (Å²) in [5.74, 6) is -0.0771. The van der Waals surface area contributed by atoms with E-state index in [0.717, 1.165) is 11.1 Å². The molecule has 0 bridgehead atoms. The number of halogens is 1. The van der Waals surface area contributed by atoms with Crippen LogP contribution in [0.1, 0.15) is 15.9 Å². The minimum atomic E-state index is -1.26. The fraction of sp³-hybridized carbons (Fsp3) is 0.0833. The van der Waals surface area contributed by atoms with Crippen molar-refractivity contribution in [2.24, 2.45) is 0 Å². The molecule has 0 spiro atoms. The lowest BCUT2D eigenvalue weighted by molar-refractivity contribution is -0.254. The standard InChI is InChI=1S/C24H18ClNO4/c1-29-22-4-2-3-19-20(24(27)28)13-21(26-23(19)22)16-7-11-18(12-8-16)30-14-15-5-9-17(25)10-6-15/h2-13H,14H2,1H3,(H,27,28)/p-1. The van der Waals surface area contributed by atoms with Crippen LogP contribution >= 0.6 is 11.6 Å². The van der Waals surface area contributed by atoms with Gasteiger partial charge >= 0.3 is 0 Å². The Morgan fingerprint density at radius 2 is 1.77 bits per heavy atom. The number of carboxylic acids is 1. The summed E-state index contributed by atoms with van der Waals surface area (Å²) in [4.78, 5) is 16.3. The van der Waals surface area contributed by atoms with E-state index in [1.54, 1.807) is 18.2 Å². The second-order valence-corrected chi connectivity index (χ2v) is 7.07. The molecule has 0 fully saturated rings. The van der Waals surface area contributed by atoms with E-state index in [-0.39, 0.29) is 5.56 Å². The van der Waals surface area contributed by atoms with Crippen LogP contribution in [0.15, 0.2) is 72.8 Å². The number of carbonyl (C=O) groups excluding carboxylic acids is 1. The van der Waals surface area contributed by atoms with Crippen molar-refractivity contribution in [3.8, 4) is 22.8 Å². The van der Waals surface area contributed by atoms with Gasteiger partial charge in [0.05, 0.1) is 18.8 Å². The maximum atomic E-state index is 11.7. The monoisotopic (exact) mass is 418 g/mol. The van der Waals surface area contributed by atoms with Gasteiger partial charge in [-0.25, -0.2) is 4.98 Å².